The van der Waals surface area contributed by atoms with Crippen molar-refractivity contribution >= 4 is 11.9 Å². The maximum absolute atomic E-state index is 12.5. The Morgan fingerprint density at radius 2 is 0.758 bits per heavy atom. The second-order valence-corrected chi connectivity index (χ2v) is 18.9. The van der Waals surface area contributed by atoms with E-state index in [9.17, 15) is 19.8 Å². The van der Waals surface area contributed by atoms with Gasteiger partial charge in [-0.15, -0.1) is 0 Å². The van der Waals surface area contributed by atoms with Gasteiger partial charge >= 0.3 is 5.97 Å². The fourth-order valence-electron chi connectivity index (χ4n) is 8.45. The number of hydrogen-bond donors (Lipinski definition) is 3. The molecule has 2 unspecified atom stereocenters. The zero-order chi connectivity index (χ0) is 45.1. The zero-order valence-corrected chi connectivity index (χ0v) is 41.6. The number of nitrogens with one attached hydrogen (secondary N) is 1. The van der Waals surface area contributed by atoms with Gasteiger partial charge in [0.2, 0.25) is 5.91 Å². The van der Waals surface area contributed by atoms with E-state index in [1.54, 1.807) is 6.08 Å². The lowest BCUT2D eigenvalue weighted by Crippen LogP contribution is -2.45. The van der Waals surface area contributed by atoms with Crippen molar-refractivity contribution in [1.29, 1.82) is 0 Å². The highest BCUT2D eigenvalue weighted by atomic mass is 16.5. The van der Waals surface area contributed by atoms with Crippen LogP contribution in [0.4, 0.5) is 0 Å². The number of aliphatic hydroxyl groups is 2. The summed E-state index contributed by atoms with van der Waals surface area (Å²) in [4.78, 5) is 24.5. The predicted molar refractivity (Wildman–Crippen MR) is 269 cm³/mol. The van der Waals surface area contributed by atoms with Crippen LogP contribution in [0, 0.1) is 0 Å². The molecule has 0 aliphatic rings. The Morgan fingerprint density at radius 3 is 1.15 bits per heavy atom. The maximum atomic E-state index is 12.5. The minimum absolute atomic E-state index is 0.0311. The van der Waals surface area contributed by atoms with E-state index >= 15 is 0 Å². The Kier molecular flexibility index (Phi) is 50.6. The summed E-state index contributed by atoms with van der Waals surface area (Å²) in [5, 5.41) is 23.1. The Bertz CT molecular complexity index is 966. The molecule has 0 rings (SSSR count). The number of rotatable bonds is 51. The highest BCUT2D eigenvalue weighted by Crippen LogP contribution is 2.17. The lowest BCUT2D eigenvalue weighted by Gasteiger charge is -2.20. The summed E-state index contributed by atoms with van der Waals surface area (Å²) in [5.41, 5.74) is 0. The third-order valence-corrected chi connectivity index (χ3v) is 12.7. The highest BCUT2D eigenvalue weighted by molar-refractivity contribution is 5.76. The molecule has 0 saturated heterocycles. The second-order valence-electron chi connectivity index (χ2n) is 18.9. The third kappa shape index (κ3) is 47.8. The molecule has 0 radical (unpaired) electrons. The molecule has 0 aromatic heterocycles. The fraction of sp³-hybridized carbons (Fsp3) is 0.893. The van der Waals surface area contributed by atoms with Crippen LogP contribution in [0.2, 0.25) is 0 Å². The molecule has 0 saturated carbocycles. The van der Waals surface area contributed by atoms with E-state index in [0.29, 0.717) is 19.4 Å². The molecule has 3 N–H and O–H groups in total. The zero-order valence-electron chi connectivity index (χ0n) is 41.6. The van der Waals surface area contributed by atoms with Crippen molar-refractivity contribution in [3.05, 3.63) is 24.3 Å². The predicted octanol–water partition coefficient (Wildman–Crippen LogP) is 16.7. The lowest BCUT2D eigenvalue weighted by atomic mass is 10.0. The average Bonchev–Trinajstić information content (AvgIpc) is 3.27. The first-order chi connectivity index (χ1) is 30.5. The number of ether oxygens (including phenoxy) is 1. The average molecular weight is 874 g/mol. The van der Waals surface area contributed by atoms with Crippen molar-refractivity contribution in [1.82, 2.24) is 5.32 Å². The van der Waals surface area contributed by atoms with Gasteiger partial charge < -0.3 is 20.3 Å². The number of unbranched alkanes of at least 4 members (excludes halogenated alkanes) is 38. The molecule has 366 valence electrons. The Labute approximate surface area is 386 Å². The number of hydrogen-bond acceptors (Lipinski definition) is 5. The van der Waals surface area contributed by atoms with Crippen molar-refractivity contribution < 1.29 is 24.5 Å². The standard InChI is InChI=1S/C56H107NO5/c1-3-5-7-9-11-13-15-17-18-19-20-21-22-23-24-26-28-32-36-40-44-48-54(59)53(52-58)57-55(60)49-45-41-37-33-29-27-31-35-39-43-47-51-62-56(61)50-46-42-38-34-30-25-16-14-12-10-8-6-4-2/h31,35,44,48,53-54,58-59H,3-30,32-34,36-43,45-47,49-52H2,1-2H3,(H,57,60)/b35-31-,48-44+. The van der Waals surface area contributed by atoms with Gasteiger partial charge in [-0.2, -0.15) is 0 Å². The van der Waals surface area contributed by atoms with Gasteiger partial charge in [0.1, 0.15) is 0 Å². The first-order valence-electron chi connectivity index (χ1n) is 27.6. The van der Waals surface area contributed by atoms with Crippen LogP contribution in [0.3, 0.4) is 0 Å². The first-order valence-corrected chi connectivity index (χ1v) is 27.6. The van der Waals surface area contributed by atoms with E-state index in [1.807, 2.05) is 6.08 Å². The molecular weight excluding hydrogens is 767 g/mol. The van der Waals surface area contributed by atoms with Crippen LogP contribution in [0.5, 0.6) is 0 Å². The van der Waals surface area contributed by atoms with Crippen LogP contribution >= 0.6 is 0 Å². The van der Waals surface area contributed by atoms with Crippen LogP contribution in [-0.4, -0.2) is 47.4 Å². The third-order valence-electron chi connectivity index (χ3n) is 12.7. The van der Waals surface area contributed by atoms with Gasteiger partial charge in [0.15, 0.2) is 0 Å². The summed E-state index contributed by atoms with van der Waals surface area (Å²) in [6.07, 6.45) is 61.9. The van der Waals surface area contributed by atoms with E-state index in [-0.39, 0.29) is 18.5 Å². The van der Waals surface area contributed by atoms with Gasteiger partial charge in [0.25, 0.3) is 0 Å². The number of aliphatic hydroxyl groups excluding tert-OH is 2. The molecule has 6 heteroatoms. The largest absolute Gasteiger partial charge is 0.466 e. The van der Waals surface area contributed by atoms with E-state index in [1.165, 1.54) is 186 Å². The Balaban J connectivity index is 3.54. The molecule has 0 bridgehead atoms. The normalized spacial score (nSPS) is 12.8. The fourth-order valence-corrected chi connectivity index (χ4v) is 8.45. The van der Waals surface area contributed by atoms with Crippen LogP contribution in [0.15, 0.2) is 24.3 Å². The Hall–Kier alpha value is -1.66. The first kappa shape index (κ1) is 60.3. The Morgan fingerprint density at radius 1 is 0.435 bits per heavy atom. The molecule has 2 atom stereocenters. The molecule has 0 aromatic carbocycles. The van der Waals surface area contributed by atoms with Crippen LogP contribution in [-0.2, 0) is 14.3 Å². The molecule has 1 amide bonds. The van der Waals surface area contributed by atoms with E-state index in [2.05, 4.69) is 31.3 Å². The smallest absolute Gasteiger partial charge is 0.305 e. The maximum Gasteiger partial charge on any atom is 0.305 e. The topological polar surface area (TPSA) is 95.9 Å². The van der Waals surface area contributed by atoms with E-state index < -0.39 is 12.1 Å². The van der Waals surface area contributed by atoms with Crippen molar-refractivity contribution in [3.8, 4) is 0 Å². The lowest BCUT2D eigenvalue weighted by molar-refractivity contribution is -0.143. The monoisotopic (exact) mass is 874 g/mol. The highest BCUT2D eigenvalue weighted by Gasteiger charge is 2.18. The molecular formula is C56H107NO5. The minimum atomic E-state index is -0.862. The molecule has 0 spiro atoms. The van der Waals surface area contributed by atoms with E-state index in [0.717, 1.165) is 83.5 Å². The summed E-state index contributed by atoms with van der Waals surface area (Å²) in [6.45, 7) is 4.84. The molecule has 0 heterocycles. The van der Waals surface area contributed by atoms with Gasteiger partial charge in [0, 0.05) is 12.8 Å². The SMILES string of the molecule is CCCCCCCCCCCCCCCCCCCCC/C=C/C(O)C(CO)NC(=O)CCCCCCC/C=C\CCCCOC(=O)CCCCCCCCCCCCCCC. The van der Waals surface area contributed by atoms with Crippen LogP contribution < -0.4 is 5.32 Å². The summed E-state index contributed by atoms with van der Waals surface area (Å²) in [6, 6.07) is -0.649. The molecule has 0 aromatic rings. The number of carbonyl (C=O) groups excluding carboxylic acids is 2. The minimum Gasteiger partial charge on any atom is -0.466 e. The summed E-state index contributed by atoms with van der Waals surface area (Å²) in [5.74, 6) is -0.126. The van der Waals surface area contributed by atoms with Gasteiger partial charge in [-0.3, -0.25) is 9.59 Å². The van der Waals surface area contributed by atoms with E-state index in [4.69, 9.17) is 4.74 Å². The number of esters is 1. The van der Waals surface area contributed by atoms with Crippen molar-refractivity contribution in [2.45, 2.75) is 309 Å². The number of allylic oxidation sites excluding steroid dienone is 3. The van der Waals surface area contributed by atoms with Gasteiger partial charge in [-0.1, -0.05) is 250 Å². The molecule has 0 aliphatic carbocycles. The summed E-state index contributed by atoms with van der Waals surface area (Å²) < 4.78 is 5.43. The second kappa shape index (κ2) is 52.0. The van der Waals surface area contributed by atoms with Gasteiger partial charge in [-0.05, 0) is 57.8 Å². The summed E-state index contributed by atoms with van der Waals surface area (Å²) >= 11 is 0. The van der Waals surface area contributed by atoms with Crippen molar-refractivity contribution in [3.63, 3.8) is 0 Å². The number of carbonyl (C=O) groups is 2. The molecule has 0 aliphatic heterocycles. The quantitative estimate of drug-likeness (QED) is 0.0321. The molecule has 0 fully saturated rings. The van der Waals surface area contributed by atoms with Crippen molar-refractivity contribution in [2.75, 3.05) is 13.2 Å². The van der Waals surface area contributed by atoms with Crippen LogP contribution in [0.1, 0.15) is 296 Å². The van der Waals surface area contributed by atoms with Gasteiger partial charge in [-0.25, -0.2) is 0 Å². The number of amides is 1. The summed E-state index contributed by atoms with van der Waals surface area (Å²) in [7, 11) is 0. The molecule has 6 nitrogen and oxygen atoms in total. The van der Waals surface area contributed by atoms with Crippen molar-refractivity contribution in [2.24, 2.45) is 0 Å². The molecule has 62 heavy (non-hydrogen) atoms. The van der Waals surface area contributed by atoms with Crippen LogP contribution in [0.25, 0.3) is 0 Å². The van der Waals surface area contributed by atoms with Gasteiger partial charge in [0.05, 0.1) is 25.4 Å².